The minimum absolute atomic E-state index is 0.330. The molecule has 1 aliphatic rings. The predicted octanol–water partition coefficient (Wildman–Crippen LogP) is 17.6. The van der Waals surface area contributed by atoms with Crippen molar-refractivity contribution in [2.75, 3.05) is 0 Å². The first-order valence-electron chi connectivity index (χ1n) is 28.5. The number of nitrogens with zero attached hydrogens (tertiary/aromatic N) is 8. The van der Waals surface area contributed by atoms with Crippen LogP contribution in [0.25, 0.3) is 123 Å². The Morgan fingerprint density at radius 2 is 0.616 bits per heavy atom. The molecule has 5 heterocycles. The first-order valence-corrected chi connectivity index (χ1v) is 29.3. The molecule has 414 valence electrons. The van der Waals surface area contributed by atoms with Crippen molar-refractivity contribution in [2.24, 2.45) is 0 Å². The molecule has 0 saturated carbocycles. The average Bonchev–Trinajstić information content (AvgIpc) is 2.03. The molecule has 12 heteroatoms. The van der Waals surface area contributed by atoms with Gasteiger partial charge in [-0.15, -0.1) is 0 Å². The van der Waals surface area contributed by atoms with E-state index in [0.29, 0.717) is 34.9 Å². The third kappa shape index (κ3) is 11.8. The Morgan fingerprint density at radius 3 is 1.02 bits per heavy atom. The molecule has 0 N–H and O–H groups in total. The predicted molar refractivity (Wildman–Crippen MR) is 353 cm³/mol. The van der Waals surface area contributed by atoms with Gasteiger partial charge in [0.2, 0.25) is 0 Å². The van der Waals surface area contributed by atoms with Crippen LogP contribution >= 0.6 is 15.9 Å². The van der Waals surface area contributed by atoms with E-state index in [1.54, 1.807) is 0 Å². The van der Waals surface area contributed by atoms with Crippen molar-refractivity contribution in [3.63, 3.8) is 0 Å². The van der Waals surface area contributed by atoms with Crippen molar-refractivity contribution in [3.05, 3.63) is 272 Å². The van der Waals surface area contributed by atoms with Crippen LogP contribution in [-0.2, 0) is 9.31 Å². The second-order valence-electron chi connectivity index (χ2n) is 21.9. The molecule has 0 atom stereocenters. The topological polar surface area (TPSA) is 122 Å². The van der Waals surface area contributed by atoms with Gasteiger partial charge in [0.05, 0.1) is 22.2 Å². The molecule has 0 amide bonds. The Hall–Kier alpha value is -9.98. The van der Waals surface area contributed by atoms with E-state index in [4.69, 9.17) is 39.2 Å². The Bertz CT molecular complexity index is 4580. The summed E-state index contributed by atoms with van der Waals surface area (Å²) in [6, 6.07) is 85.8. The summed E-state index contributed by atoms with van der Waals surface area (Å²) in [7, 11) is -0.349. The highest BCUT2D eigenvalue weighted by Crippen LogP contribution is 2.37. The van der Waals surface area contributed by atoms with Crippen LogP contribution in [-0.4, -0.2) is 58.2 Å². The SMILES string of the molecule is Brc1ccc(-c2nc(-c3ccccc3)nc(-c3ccccc3)n2)cc1.CC1(C)OB(c2ccc3c(c2)ncc2ccccc23)OC1(C)C.c1ccc(-c2nc(-c3ccccc3)nc(-c3ccc(-c4ccc5c(c4)ncc4ccccc45)cc3)n2)cc1. The summed E-state index contributed by atoms with van der Waals surface area (Å²) >= 11 is 3.47. The van der Waals surface area contributed by atoms with Gasteiger partial charge in [-0.3, -0.25) is 9.97 Å². The molecule has 0 unspecified atom stereocenters. The van der Waals surface area contributed by atoms with Gasteiger partial charge < -0.3 is 9.31 Å². The molecular formula is C74H56BBrN8O2. The number of pyridine rings is 2. The van der Waals surface area contributed by atoms with Crippen LogP contribution in [0.2, 0.25) is 0 Å². The first-order chi connectivity index (χ1) is 42.0. The minimum atomic E-state index is -0.349. The highest BCUT2D eigenvalue weighted by molar-refractivity contribution is 9.10. The zero-order chi connectivity index (χ0) is 58.6. The van der Waals surface area contributed by atoms with Crippen molar-refractivity contribution in [1.82, 2.24) is 39.9 Å². The smallest absolute Gasteiger partial charge is 0.399 e. The standard InChI is InChI=1S/C34H22N4.C21H14BrN3.C19H20BNO2/c1-3-9-24(10-4-1)32-36-33(25-11-5-2-6-12-25)38-34(37-32)26-17-15-23(16-18-26)27-19-20-30-29-14-8-7-13-28(29)22-35-31(30)21-27;22-18-13-11-17(12-14-18)21-24-19(15-7-3-1-4-8-15)23-20(25-21)16-9-5-2-6-10-16;1-18(2)19(3,4)23-20(22-18)14-9-10-16-15-8-6-5-7-13(15)12-21-17(16)11-14/h1-22H;1-14H;5-12H,1-4H3. The van der Waals surface area contributed by atoms with Crippen LogP contribution in [0, 0.1) is 0 Å². The molecule has 0 radical (unpaired) electrons. The summed E-state index contributed by atoms with van der Waals surface area (Å²) in [4.78, 5) is 37.8. The van der Waals surface area contributed by atoms with Crippen LogP contribution < -0.4 is 5.46 Å². The first kappa shape index (κ1) is 55.2. The van der Waals surface area contributed by atoms with Gasteiger partial charge in [0, 0.05) is 71.8 Å². The lowest BCUT2D eigenvalue weighted by molar-refractivity contribution is 0.00578. The van der Waals surface area contributed by atoms with Gasteiger partial charge in [0.15, 0.2) is 34.9 Å². The van der Waals surface area contributed by atoms with Gasteiger partial charge in [-0.05, 0) is 79.3 Å². The molecule has 1 aliphatic heterocycles. The molecule has 0 spiro atoms. The fourth-order valence-electron chi connectivity index (χ4n) is 10.3. The number of hydrogen-bond acceptors (Lipinski definition) is 10. The van der Waals surface area contributed by atoms with Crippen molar-refractivity contribution >= 4 is 71.9 Å². The van der Waals surface area contributed by atoms with Gasteiger partial charge >= 0.3 is 7.12 Å². The zero-order valence-electron chi connectivity index (χ0n) is 47.8. The number of halogens is 1. The third-order valence-corrected chi connectivity index (χ3v) is 16.2. The summed E-state index contributed by atoms with van der Waals surface area (Å²) in [5, 5.41) is 7.07. The van der Waals surface area contributed by atoms with Crippen molar-refractivity contribution < 1.29 is 9.31 Å². The van der Waals surface area contributed by atoms with E-state index >= 15 is 0 Å². The Labute approximate surface area is 508 Å². The summed E-state index contributed by atoms with van der Waals surface area (Å²) in [6.07, 6.45) is 3.87. The number of hydrogen-bond donors (Lipinski definition) is 0. The van der Waals surface area contributed by atoms with Crippen LogP contribution in [0.15, 0.2) is 272 Å². The van der Waals surface area contributed by atoms with Crippen LogP contribution in [0.3, 0.4) is 0 Å². The summed E-state index contributed by atoms with van der Waals surface area (Å²) in [5.74, 6) is 3.98. The van der Waals surface area contributed by atoms with E-state index in [1.165, 1.54) is 10.8 Å². The van der Waals surface area contributed by atoms with Crippen LogP contribution in [0.4, 0.5) is 0 Å². The maximum Gasteiger partial charge on any atom is 0.494 e. The lowest BCUT2D eigenvalue weighted by Gasteiger charge is -2.32. The minimum Gasteiger partial charge on any atom is -0.399 e. The third-order valence-electron chi connectivity index (χ3n) is 15.7. The average molecular weight is 1180 g/mol. The number of fused-ring (bicyclic) bond motifs is 6. The fraction of sp³-hybridized carbons (Fsp3) is 0.0811. The highest BCUT2D eigenvalue weighted by Gasteiger charge is 2.51. The largest absolute Gasteiger partial charge is 0.494 e. The van der Waals surface area contributed by atoms with E-state index < -0.39 is 0 Å². The fourth-order valence-corrected chi connectivity index (χ4v) is 10.6. The summed E-state index contributed by atoms with van der Waals surface area (Å²) < 4.78 is 13.3. The van der Waals surface area contributed by atoms with Gasteiger partial charge in [-0.25, -0.2) is 29.9 Å². The second kappa shape index (κ2) is 23.9. The zero-order valence-corrected chi connectivity index (χ0v) is 49.3. The lowest BCUT2D eigenvalue weighted by Crippen LogP contribution is -2.41. The van der Waals surface area contributed by atoms with Crippen LogP contribution in [0.1, 0.15) is 27.7 Å². The molecule has 10 aromatic carbocycles. The van der Waals surface area contributed by atoms with Crippen LogP contribution in [0.5, 0.6) is 0 Å². The molecule has 1 saturated heterocycles. The maximum atomic E-state index is 6.14. The number of rotatable bonds is 8. The van der Waals surface area contributed by atoms with Gasteiger partial charge in [-0.1, -0.05) is 246 Å². The van der Waals surface area contributed by atoms with E-state index in [2.05, 4.69) is 151 Å². The molecule has 14 aromatic rings. The molecule has 10 nitrogen and oxygen atoms in total. The lowest BCUT2D eigenvalue weighted by atomic mass is 9.78. The molecule has 86 heavy (non-hydrogen) atoms. The van der Waals surface area contributed by atoms with E-state index in [1.807, 2.05) is 170 Å². The molecule has 4 aromatic heterocycles. The van der Waals surface area contributed by atoms with Crippen molar-refractivity contribution in [1.29, 1.82) is 0 Å². The number of aromatic nitrogens is 8. The second-order valence-corrected chi connectivity index (χ2v) is 22.9. The van der Waals surface area contributed by atoms with E-state index in [0.717, 1.165) is 87.0 Å². The highest BCUT2D eigenvalue weighted by atomic mass is 79.9. The number of benzene rings is 10. The molecule has 15 rings (SSSR count). The Kier molecular flexibility index (Phi) is 15.4. The Balaban J connectivity index is 0.000000125. The quantitative estimate of drug-likeness (QED) is 0.107. The molecule has 1 fully saturated rings. The summed E-state index contributed by atoms with van der Waals surface area (Å²) in [6.45, 7) is 8.28. The van der Waals surface area contributed by atoms with Crippen molar-refractivity contribution in [3.8, 4) is 79.5 Å². The molecule has 0 aliphatic carbocycles. The monoisotopic (exact) mass is 1180 g/mol. The molecule has 0 bridgehead atoms. The normalized spacial score (nSPS) is 13.2. The molecular weight excluding hydrogens is 1120 g/mol. The van der Waals surface area contributed by atoms with Gasteiger partial charge in [0.25, 0.3) is 0 Å². The van der Waals surface area contributed by atoms with Gasteiger partial charge in [0.1, 0.15) is 0 Å². The van der Waals surface area contributed by atoms with Gasteiger partial charge in [-0.2, -0.15) is 0 Å². The Morgan fingerprint density at radius 1 is 0.302 bits per heavy atom. The maximum absolute atomic E-state index is 6.14. The van der Waals surface area contributed by atoms with Crippen molar-refractivity contribution in [2.45, 2.75) is 38.9 Å². The van der Waals surface area contributed by atoms with E-state index in [-0.39, 0.29) is 18.3 Å². The summed E-state index contributed by atoms with van der Waals surface area (Å²) in [5.41, 5.74) is 10.3. The van der Waals surface area contributed by atoms with E-state index in [9.17, 15) is 0 Å².